The summed E-state index contributed by atoms with van der Waals surface area (Å²) in [7, 11) is 1.78. The van der Waals surface area contributed by atoms with Crippen molar-refractivity contribution < 1.29 is 9.84 Å². The highest BCUT2D eigenvalue weighted by molar-refractivity contribution is 4.93. The predicted molar refractivity (Wildman–Crippen MR) is 60.8 cm³/mol. The van der Waals surface area contributed by atoms with E-state index in [1.54, 1.807) is 7.11 Å². The summed E-state index contributed by atoms with van der Waals surface area (Å²) in [5, 5.41) is 10.7. The van der Waals surface area contributed by atoms with Crippen molar-refractivity contribution in [3.63, 3.8) is 0 Å². The van der Waals surface area contributed by atoms with Gasteiger partial charge in [0.2, 0.25) is 0 Å². The zero-order valence-corrected chi connectivity index (χ0v) is 9.87. The minimum Gasteiger partial charge on any atom is -0.390 e. The summed E-state index contributed by atoms with van der Waals surface area (Å²) in [6.45, 7) is 0. The molecule has 2 nitrogen and oxygen atoms in total. The monoisotopic (exact) mass is 212 g/mol. The molecule has 2 fully saturated rings. The summed E-state index contributed by atoms with van der Waals surface area (Å²) in [4.78, 5) is 0. The van der Waals surface area contributed by atoms with Crippen LogP contribution in [0.15, 0.2) is 0 Å². The van der Waals surface area contributed by atoms with Gasteiger partial charge in [0.1, 0.15) is 0 Å². The van der Waals surface area contributed by atoms with Gasteiger partial charge in [-0.15, -0.1) is 0 Å². The summed E-state index contributed by atoms with van der Waals surface area (Å²) < 4.78 is 5.42. The van der Waals surface area contributed by atoms with Gasteiger partial charge in [-0.3, -0.25) is 0 Å². The normalized spacial score (nSPS) is 39.2. The van der Waals surface area contributed by atoms with Crippen LogP contribution in [0.25, 0.3) is 0 Å². The highest BCUT2D eigenvalue weighted by Crippen LogP contribution is 2.42. The first-order valence-electron chi connectivity index (χ1n) is 6.50. The molecule has 2 atom stereocenters. The second kappa shape index (κ2) is 4.84. The van der Waals surface area contributed by atoms with Crippen LogP contribution >= 0.6 is 0 Å². The summed E-state index contributed by atoms with van der Waals surface area (Å²) in [6.07, 6.45) is 10.9. The molecule has 0 aromatic heterocycles. The lowest BCUT2D eigenvalue weighted by Gasteiger charge is -2.43. The average molecular weight is 212 g/mol. The quantitative estimate of drug-likeness (QED) is 0.762. The molecule has 0 amide bonds. The molecule has 0 aliphatic heterocycles. The second-order valence-corrected chi connectivity index (χ2v) is 5.39. The number of methoxy groups -OCH3 is 1. The van der Waals surface area contributed by atoms with Crippen molar-refractivity contribution in [2.24, 2.45) is 5.92 Å². The molecule has 0 aromatic carbocycles. The van der Waals surface area contributed by atoms with Crippen LogP contribution in [0.2, 0.25) is 0 Å². The van der Waals surface area contributed by atoms with Gasteiger partial charge in [-0.2, -0.15) is 0 Å². The fourth-order valence-corrected chi connectivity index (χ4v) is 3.45. The first-order chi connectivity index (χ1) is 7.24. The molecule has 0 saturated heterocycles. The zero-order chi connectivity index (χ0) is 10.7. The van der Waals surface area contributed by atoms with Gasteiger partial charge >= 0.3 is 0 Å². The maximum atomic E-state index is 10.7. The number of hydrogen-bond acceptors (Lipinski definition) is 2. The number of rotatable bonds is 2. The Morgan fingerprint density at radius 3 is 2.47 bits per heavy atom. The van der Waals surface area contributed by atoms with E-state index in [2.05, 4.69) is 0 Å². The third-order valence-electron chi connectivity index (χ3n) is 4.42. The first kappa shape index (κ1) is 11.4. The lowest BCUT2D eigenvalue weighted by molar-refractivity contribution is -0.102. The van der Waals surface area contributed by atoms with Crippen LogP contribution in [0.5, 0.6) is 0 Å². The Balaban J connectivity index is 1.97. The van der Waals surface area contributed by atoms with E-state index in [-0.39, 0.29) is 0 Å². The fourth-order valence-electron chi connectivity index (χ4n) is 3.45. The highest BCUT2D eigenvalue weighted by atomic mass is 16.5. The number of hydrogen-bond donors (Lipinski definition) is 1. The number of aliphatic hydroxyl groups is 1. The molecule has 0 bridgehead atoms. The van der Waals surface area contributed by atoms with Crippen LogP contribution < -0.4 is 0 Å². The SMILES string of the molecule is COC1CCCC(O)(C2CCCCC2)C1. The Morgan fingerprint density at radius 2 is 1.80 bits per heavy atom. The maximum absolute atomic E-state index is 10.7. The summed E-state index contributed by atoms with van der Waals surface area (Å²) in [5.41, 5.74) is -0.403. The Morgan fingerprint density at radius 1 is 1.07 bits per heavy atom. The molecule has 2 aliphatic carbocycles. The predicted octanol–water partition coefficient (Wildman–Crippen LogP) is 2.89. The van der Waals surface area contributed by atoms with Crippen LogP contribution in [0.3, 0.4) is 0 Å². The highest BCUT2D eigenvalue weighted by Gasteiger charge is 2.41. The molecule has 2 unspecified atom stereocenters. The molecule has 2 aliphatic rings. The van der Waals surface area contributed by atoms with E-state index in [0.29, 0.717) is 12.0 Å². The van der Waals surface area contributed by atoms with E-state index in [1.165, 1.54) is 32.1 Å². The van der Waals surface area contributed by atoms with Gasteiger partial charge in [0, 0.05) is 13.5 Å². The van der Waals surface area contributed by atoms with Crippen molar-refractivity contribution >= 4 is 0 Å². The van der Waals surface area contributed by atoms with Crippen molar-refractivity contribution in [3.05, 3.63) is 0 Å². The van der Waals surface area contributed by atoms with E-state index in [0.717, 1.165) is 25.7 Å². The fraction of sp³-hybridized carbons (Fsp3) is 1.00. The van der Waals surface area contributed by atoms with Gasteiger partial charge in [-0.25, -0.2) is 0 Å². The van der Waals surface area contributed by atoms with E-state index in [1.807, 2.05) is 0 Å². The molecular formula is C13H24O2. The summed E-state index contributed by atoms with van der Waals surface area (Å²) in [6, 6.07) is 0. The topological polar surface area (TPSA) is 29.5 Å². The van der Waals surface area contributed by atoms with Gasteiger partial charge in [0.25, 0.3) is 0 Å². The van der Waals surface area contributed by atoms with Gasteiger partial charge in [-0.05, 0) is 38.0 Å². The maximum Gasteiger partial charge on any atom is 0.0700 e. The molecule has 88 valence electrons. The second-order valence-electron chi connectivity index (χ2n) is 5.39. The zero-order valence-electron chi connectivity index (χ0n) is 9.87. The van der Waals surface area contributed by atoms with E-state index < -0.39 is 5.60 Å². The van der Waals surface area contributed by atoms with Crippen LogP contribution in [-0.2, 0) is 4.74 Å². The lowest BCUT2D eigenvalue weighted by Crippen LogP contribution is -2.45. The molecule has 0 heterocycles. The molecule has 1 N–H and O–H groups in total. The van der Waals surface area contributed by atoms with Crippen molar-refractivity contribution in [1.82, 2.24) is 0 Å². The standard InChI is InChI=1S/C13H24O2/c1-15-12-8-5-9-13(14,10-12)11-6-3-2-4-7-11/h11-12,14H,2-10H2,1H3. The third-order valence-corrected chi connectivity index (χ3v) is 4.42. The van der Waals surface area contributed by atoms with Gasteiger partial charge < -0.3 is 9.84 Å². The van der Waals surface area contributed by atoms with E-state index in [4.69, 9.17) is 4.74 Å². The Bertz CT molecular complexity index is 199. The third kappa shape index (κ3) is 2.54. The van der Waals surface area contributed by atoms with Crippen molar-refractivity contribution in [2.75, 3.05) is 7.11 Å². The Hall–Kier alpha value is -0.0800. The van der Waals surface area contributed by atoms with Crippen LogP contribution in [-0.4, -0.2) is 23.9 Å². The summed E-state index contributed by atoms with van der Waals surface area (Å²) in [5.74, 6) is 0.546. The van der Waals surface area contributed by atoms with Crippen molar-refractivity contribution in [1.29, 1.82) is 0 Å². The molecular weight excluding hydrogens is 188 g/mol. The van der Waals surface area contributed by atoms with Gasteiger partial charge in [0.05, 0.1) is 11.7 Å². The molecule has 0 spiro atoms. The minimum atomic E-state index is -0.403. The molecule has 2 heteroatoms. The van der Waals surface area contributed by atoms with Gasteiger partial charge in [0.15, 0.2) is 0 Å². The van der Waals surface area contributed by atoms with Crippen LogP contribution in [0.1, 0.15) is 57.8 Å². The first-order valence-corrected chi connectivity index (χ1v) is 6.50. The largest absolute Gasteiger partial charge is 0.390 e. The van der Waals surface area contributed by atoms with E-state index in [9.17, 15) is 5.11 Å². The summed E-state index contributed by atoms with van der Waals surface area (Å²) >= 11 is 0. The van der Waals surface area contributed by atoms with Crippen molar-refractivity contribution in [3.8, 4) is 0 Å². The van der Waals surface area contributed by atoms with E-state index >= 15 is 0 Å². The lowest BCUT2D eigenvalue weighted by atomic mass is 9.69. The molecule has 2 saturated carbocycles. The molecule has 2 rings (SSSR count). The average Bonchev–Trinajstić information content (AvgIpc) is 2.30. The molecule has 0 radical (unpaired) electrons. The minimum absolute atomic E-state index is 0.297. The van der Waals surface area contributed by atoms with Gasteiger partial charge in [-0.1, -0.05) is 19.3 Å². The molecule has 0 aromatic rings. The van der Waals surface area contributed by atoms with Crippen LogP contribution in [0.4, 0.5) is 0 Å². The van der Waals surface area contributed by atoms with Crippen LogP contribution in [0, 0.1) is 5.92 Å². The smallest absolute Gasteiger partial charge is 0.0700 e. The number of ether oxygens (including phenoxy) is 1. The van der Waals surface area contributed by atoms with Crippen molar-refractivity contribution in [2.45, 2.75) is 69.5 Å². The molecule has 15 heavy (non-hydrogen) atoms. The Labute approximate surface area is 93.0 Å². The Kier molecular flexibility index (Phi) is 3.68.